The zero-order valence-corrected chi connectivity index (χ0v) is 9.70. The van der Waals surface area contributed by atoms with E-state index in [0.717, 1.165) is 21.4 Å². The third kappa shape index (κ3) is 0.973. The van der Waals surface area contributed by atoms with Gasteiger partial charge in [-0.25, -0.2) is 0 Å². The lowest BCUT2D eigenvalue weighted by Crippen LogP contribution is -2.17. The summed E-state index contributed by atoms with van der Waals surface area (Å²) in [5.41, 5.74) is 1.98. The number of aryl methyl sites for hydroxylation is 2. The Hall–Kier alpha value is -1.29. The van der Waals surface area contributed by atoms with Gasteiger partial charge in [-0.2, -0.15) is 0 Å². The Bertz CT molecular complexity index is 579. The Balaban J connectivity index is 2.40. The Morgan fingerprint density at radius 2 is 2.07 bits per heavy atom. The fraction of sp³-hybridized carbons (Fsp3) is 0.364. The quantitative estimate of drug-likeness (QED) is 0.685. The van der Waals surface area contributed by atoms with Crippen LogP contribution in [0.25, 0.3) is 11.0 Å². The second-order valence-corrected chi connectivity index (χ2v) is 5.42. The zero-order valence-electron chi connectivity index (χ0n) is 8.88. The highest BCUT2D eigenvalue weighted by molar-refractivity contribution is 7.13. The molecule has 0 atom stereocenters. The third-order valence-electron chi connectivity index (χ3n) is 2.92. The van der Waals surface area contributed by atoms with Crippen LogP contribution in [-0.4, -0.2) is 17.9 Å². The van der Waals surface area contributed by atoms with Crippen molar-refractivity contribution < 1.29 is 9.21 Å². The first-order valence-electron chi connectivity index (χ1n) is 4.86. The second-order valence-electron chi connectivity index (χ2n) is 3.99. The number of hydrogen-bond donors (Lipinski definition) is 0. The summed E-state index contributed by atoms with van der Waals surface area (Å²) >= 11 is 1.73. The molecule has 4 heteroatoms. The molecule has 3 nitrogen and oxygen atoms in total. The summed E-state index contributed by atoms with van der Waals surface area (Å²) in [6.07, 6.45) is 0. The van der Waals surface area contributed by atoms with Gasteiger partial charge in [-0.3, -0.25) is 4.79 Å². The molecule has 0 radical (unpaired) electrons. The van der Waals surface area contributed by atoms with E-state index >= 15 is 0 Å². The number of amides is 1. The van der Waals surface area contributed by atoms with Gasteiger partial charge in [0.15, 0.2) is 5.76 Å². The molecule has 0 aromatic carbocycles. The topological polar surface area (TPSA) is 33.5 Å². The van der Waals surface area contributed by atoms with Crippen molar-refractivity contribution in [3.63, 3.8) is 0 Å². The van der Waals surface area contributed by atoms with Crippen molar-refractivity contribution >= 4 is 28.2 Å². The van der Waals surface area contributed by atoms with Gasteiger partial charge in [-0.1, -0.05) is 0 Å². The maximum Gasteiger partial charge on any atom is 0.290 e. The van der Waals surface area contributed by atoms with Crippen LogP contribution in [0.5, 0.6) is 0 Å². The van der Waals surface area contributed by atoms with E-state index in [9.17, 15) is 4.79 Å². The number of rotatable bonds is 0. The molecule has 0 N–H and O–H groups in total. The molecule has 2 aromatic heterocycles. The van der Waals surface area contributed by atoms with Crippen LogP contribution in [0.4, 0.5) is 0 Å². The first-order chi connectivity index (χ1) is 7.09. The molecule has 1 amide bonds. The van der Waals surface area contributed by atoms with Gasteiger partial charge < -0.3 is 9.32 Å². The van der Waals surface area contributed by atoms with Gasteiger partial charge in [0.05, 0.1) is 6.54 Å². The van der Waals surface area contributed by atoms with Crippen LogP contribution >= 0.6 is 11.3 Å². The van der Waals surface area contributed by atoms with Crippen LogP contribution in [0.2, 0.25) is 0 Å². The van der Waals surface area contributed by atoms with Crippen molar-refractivity contribution in [2.24, 2.45) is 0 Å². The molecule has 0 fully saturated rings. The summed E-state index contributed by atoms with van der Waals surface area (Å²) in [6.45, 7) is 4.80. The van der Waals surface area contributed by atoms with Gasteiger partial charge in [0.25, 0.3) is 5.91 Å². The molecule has 3 rings (SSSR count). The summed E-state index contributed by atoms with van der Waals surface area (Å²) in [4.78, 5) is 15.8. The van der Waals surface area contributed by atoms with Crippen LogP contribution in [-0.2, 0) is 6.54 Å². The highest BCUT2D eigenvalue weighted by Crippen LogP contribution is 2.39. The minimum Gasteiger partial charge on any atom is -0.449 e. The van der Waals surface area contributed by atoms with Crippen LogP contribution in [0.15, 0.2) is 4.42 Å². The Morgan fingerprint density at radius 1 is 1.33 bits per heavy atom. The third-order valence-corrected chi connectivity index (χ3v) is 3.92. The fourth-order valence-electron chi connectivity index (χ4n) is 2.22. The molecule has 3 heterocycles. The molecule has 1 aliphatic rings. The number of thiophene rings is 1. The Labute approximate surface area is 91.3 Å². The van der Waals surface area contributed by atoms with Crippen molar-refractivity contribution in [3.8, 4) is 0 Å². The fourth-order valence-corrected chi connectivity index (χ4v) is 3.23. The summed E-state index contributed by atoms with van der Waals surface area (Å²) in [6, 6.07) is 0. The van der Waals surface area contributed by atoms with Gasteiger partial charge in [-0.05, 0) is 13.8 Å². The van der Waals surface area contributed by atoms with Crippen molar-refractivity contribution in [3.05, 3.63) is 21.1 Å². The van der Waals surface area contributed by atoms with E-state index in [0.29, 0.717) is 12.3 Å². The van der Waals surface area contributed by atoms with Crippen LogP contribution in [0, 0.1) is 13.8 Å². The molecule has 78 valence electrons. The number of fused-ring (bicyclic) bond motifs is 3. The molecule has 0 bridgehead atoms. The van der Waals surface area contributed by atoms with Crippen molar-refractivity contribution in [1.29, 1.82) is 0 Å². The lowest BCUT2D eigenvalue weighted by atomic mass is 10.2. The number of carbonyl (C=O) groups is 1. The second kappa shape index (κ2) is 2.64. The molecule has 0 saturated heterocycles. The zero-order chi connectivity index (χ0) is 10.7. The molecular weight excluding hydrogens is 210 g/mol. The van der Waals surface area contributed by atoms with Gasteiger partial charge >= 0.3 is 0 Å². The summed E-state index contributed by atoms with van der Waals surface area (Å²) in [5.74, 6) is 0.548. The number of hydrogen-bond acceptors (Lipinski definition) is 3. The number of nitrogens with zero attached hydrogens (tertiary/aromatic N) is 1. The normalized spacial score (nSPS) is 15.4. The molecule has 0 unspecified atom stereocenters. The minimum absolute atomic E-state index is 0.00463. The van der Waals surface area contributed by atoms with Gasteiger partial charge in [0, 0.05) is 27.8 Å². The summed E-state index contributed by atoms with van der Waals surface area (Å²) in [5, 5.41) is 1.16. The van der Waals surface area contributed by atoms with Crippen LogP contribution in [0.1, 0.15) is 25.9 Å². The molecular formula is C11H11NO2S. The Kier molecular flexibility index (Phi) is 1.58. The van der Waals surface area contributed by atoms with E-state index < -0.39 is 0 Å². The van der Waals surface area contributed by atoms with Crippen molar-refractivity contribution in [2.45, 2.75) is 20.4 Å². The van der Waals surface area contributed by atoms with E-state index in [1.54, 1.807) is 23.3 Å². The van der Waals surface area contributed by atoms with Crippen LogP contribution < -0.4 is 0 Å². The predicted octanol–water partition coefficient (Wildman–Crippen LogP) is 2.70. The minimum atomic E-state index is 0.00463. The van der Waals surface area contributed by atoms with E-state index in [-0.39, 0.29) is 5.91 Å². The van der Waals surface area contributed by atoms with Gasteiger partial charge in [0.2, 0.25) is 0 Å². The molecule has 0 spiro atoms. The van der Waals surface area contributed by atoms with Gasteiger partial charge in [-0.15, -0.1) is 11.3 Å². The van der Waals surface area contributed by atoms with Crippen molar-refractivity contribution in [1.82, 2.24) is 4.90 Å². The molecule has 0 saturated carbocycles. The van der Waals surface area contributed by atoms with E-state index in [1.807, 2.05) is 6.92 Å². The highest BCUT2D eigenvalue weighted by atomic mass is 32.1. The first-order valence-corrected chi connectivity index (χ1v) is 5.68. The van der Waals surface area contributed by atoms with E-state index in [4.69, 9.17) is 4.42 Å². The highest BCUT2D eigenvalue weighted by Gasteiger charge is 2.32. The monoisotopic (exact) mass is 221 g/mol. The van der Waals surface area contributed by atoms with Crippen molar-refractivity contribution in [2.75, 3.05) is 7.05 Å². The predicted molar refractivity (Wildman–Crippen MR) is 59.4 cm³/mol. The smallest absolute Gasteiger partial charge is 0.290 e. The number of carbonyl (C=O) groups excluding carboxylic acids is 1. The first kappa shape index (κ1) is 8.97. The molecule has 2 aromatic rings. The standard InChI is InChI=1S/C11H11NO2S/c1-5-8-7-4-12(3)11(13)10(7)14-9(8)6(2)15-5/h4H2,1-3H3. The lowest BCUT2D eigenvalue weighted by Gasteiger charge is -2.05. The van der Waals surface area contributed by atoms with E-state index in [2.05, 4.69) is 6.92 Å². The molecule has 0 aliphatic carbocycles. The van der Waals surface area contributed by atoms with Crippen LogP contribution in [0.3, 0.4) is 0 Å². The maximum atomic E-state index is 11.7. The average molecular weight is 221 g/mol. The lowest BCUT2D eigenvalue weighted by molar-refractivity contribution is 0.0793. The maximum absolute atomic E-state index is 11.7. The Morgan fingerprint density at radius 3 is 2.80 bits per heavy atom. The van der Waals surface area contributed by atoms with Gasteiger partial charge in [0.1, 0.15) is 5.58 Å². The SMILES string of the molecule is Cc1sc(C)c2c3c(oc12)C(=O)N(C)C3. The molecule has 15 heavy (non-hydrogen) atoms. The van der Waals surface area contributed by atoms with E-state index in [1.165, 1.54) is 4.88 Å². The summed E-state index contributed by atoms with van der Waals surface area (Å²) in [7, 11) is 1.80. The summed E-state index contributed by atoms with van der Waals surface area (Å²) < 4.78 is 5.66. The molecule has 1 aliphatic heterocycles. The average Bonchev–Trinajstić information content (AvgIpc) is 2.74. The largest absolute Gasteiger partial charge is 0.449 e. The number of furan rings is 1.